The summed E-state index contributed by atoms with van der Waals surface area (Å²) >= 11 is 0. The van der Waals surface area contributed by atoms with Crippen LogP contribution in [0.25, 0.3) is 0 Å². The van der Waals surface area contributed by atoms with Crippen LogP contribution >= 0.6 is 0 Å². The molecule has 2 nitrogen and oxygen atoms in total. The minimum absolute atomic E-state index is 0.331. The molecule has 0 amide bonds. The molecule has 0 bridgehead atoms. The Morgan fingerprint density at radius 3 is 2.50 bits per heavy atom. The minimum Gasteiger partial charge on any atom is -0.358 e. The van der Waals surface area contributed by atoms with Gasteiger partial charge >= 0.3 is 0 Å². The van der Waals surface area contributed by atoms with Gasteiger partial charge in [0.25, 0.3) is 0 Å². The summed E-state index contributed by atoms with van der Waals surface area (Å²) in [6.45, 7) is 4.00. The van der Waals surface area contributed by atoms with E-state index in [0.29, 0.717) is 5.92 Å². The normalized spacial score (nSPS) is 25.4. The first-order chi connectivity index (χ1) is 10.1. The standard InChI is InChI=1S/C18H26N2/c1-14-9-7-8-12-17(14)20-13-19(3)18(15(20)2)16-10-5-4-6-11-16/h7-9,12,16H,4-6,10-11,13H2,1-3H3/i13D. The quantitative estimate of drug-likeness (QED) is 0.780. The minimum atomic E-state index is -0.331. The summed E-state index contributed by atoms with van der Waals surface area (Å²) in [5.41, 5.74) is 5.09. The SMILES string of the molecule is [2H]C1N(C)C(C2CCCCC2)=C(C)N1c1ccccc1C. The molecular weight excluding hydrogens is 244 g/mol. The van der Waals surface area contributed by atoms with Gasteiger partial charge < -0.3 is 9.80 Å². The Bertz CT molecular complexity index is 546. The van der Waals surface area contributed by atoms with Crippen LogP contribution in [0.4, 0.5) is 5.69 Å². The molecular formula is C18H26N2. The topological polar surface area (TPSA) is 6.48 Å². The summed E-state index contributed by atoms with van der Waals surface area (Å²) in [4.78, 5) is 4.37. The van der Waals surface area contributed by atoms with E-state index in [0.717, 1.165) is 0 Å². The fourth-order valence-corrected chi connectivity index (χ4v) is 3.74. The molecule has 1 atom stereocenters. The van der Waals surface area contributed by atoms with E-state index < -0.39 is 0 Å². The maximum Gasteiger partial charge on any atom is 0.0944 e. The van der Waals surface area contributed by atoms with Gasteiger partial charge in [0.15, 0.2) is 0 Å². The third kappa shape index (κ3) is 2.32. The maximum absolute atomic E-state index is 8.62. The molecule has 1 heterocycles. The monoisotopic (exact) mass is 271 g/mol. The van der Waals surface area contributed by atoms with Crippen molar-refractivity contribution >= 4 is 5.69 Å². The Hall–Kier alpha value is -1.44. The van der Waals surface area contributed by atoms with E-state index in [2.05, 4.69) is 55.0 Å². The van der Waals surface area contributed by atoms with E-state index in [-0.39, 0.29) is 6.64 Å². The summed E-state index contributed by atoms with van der Waals surface area (Å²) < 4.78 is 8.62. The lowest BCUT2D eigenvalue weighted by atomic mass is 9.86. The van der Waals surface area contributed by atoms with Crippen LogP contribution in [-0.2, 0) is 0 Å². The summed E-state index contributed by atoms with van der Waals surface area (Å²) in [6, 6.07) is 8.41. The second kappa shape index (κ2) is 5.51. The summed E-state index contributed by atoms with van der Waals surface area (Å²) in [6.07, 6.45) is 6.61. The number of allylic oxidation sites excluding steroid dienone is 2. The average molecular weight is 271 g/mol. The van der Waals surface area contributed by atoms with Gasteiger partial charge in [0.2, 0.25) is 0 Å². The van der Waals surface area contributed by atoms with Gasteiger partial charge in [-0.3, -0.25) is 0 Å². The lowest BCUT2D eigenvalue weighted by Crippen LogP contribution is -2.26. The molecule has 1 fully saturated rings. The van der Waals surface area contributed by atoms with E-state index >= 15 is 0 Å². The molecule has 1 unspecified atom stereocenters. The Kier molecular flexibility index (Phi) is 3.39. The van der Waals surface area contributed by atoms with Crippen molar-refractivity contribution in [2.24, 2.45) is 5.92 Å². The third-order valence-electron chi connectivity index (χ3n) is 4.77. The maximum atomic E-state index is 8.62. The van der Waals surface area contributed by atoms with E-state index in [1.165, 1.54) is 54.7 Å². The molecule has 1 aromatic carbocycles. The van der Waals surface area contributed by atoms with Crippen molar-refractivity contribution in [3.8, 4) is 0 Å². The molecule has 0 N–H and O–H groups in total. The predicted octanol–water partition coefficient (Wildman–Crippen LogP) is 4.52. The Morgan fingerprint density at radius 1 is 1.10 bits per heavy atom. The van der Waals surface area contributed by atoms with Crippen LogP contribution in [-0.4, -0.2) is 18.6 Å². The first-order valence-corrected chi connectivity index (χ1v) is 7.82. The molecule has 20 heavy (non-hydrogen) atoms. The second-order valence-corrected chi connectivity index (χ2v) is 6.19. The molecule has 2 aliphatic rings. The van der Waals surface area contributed by atoms with Gasteiger partial charge in [0.05, 0.1) is 8.02 Å². The van der Waals surface area contributed by atoms with Crippen LogP contribution in [0.2, 0.25) is 0 Å². The summed E-state index contributed by atoms with van der Waals surface area (Å²) in [5, 5.41) is 0. The van der Waals surface area contributed by atoms with Crippen LogP contribution in [0.3, 0.4) is 0 Å². The van der Waals surface area contributed by atoms with Gasteiger partial charge in [0.1, 0.15) is 0 Å². The van der Waals surface area contributed by atoms with E-state index in [4.69, 9.17) is 1.37 Å². The average Bonchev–Trinajstić information content (AvgIpc) is 2.71. The number of anilines is 1. The molecule has 1 aromatic rings. The molecule has 1 aliphatic carbocycles. The zero-order valence-corrected chi connectivity index (χ0v) is 12.9. The predicted molar refractivity (Wildman–Crippen MR) is 85.6 cm³/mol. The molecule has 1 aliphatic heterocycles. The van der Waals surface area contributed by atoms with Gasteiger partial charge in [0, 0.05) is 30.0 Å². The van der Waals surface area contributed by atoms with Crippen LogP contribution < -0.4 is 4.90 Å². The molecule has 1 saturated carbocycles. The molecule has 0 saturated heterocycles. The summed E-state index contributed by atoms with van der Waals surface area (Å²) in [7, 11) is 2.09. The number of aryl methyl sites for hydroxylation is 1. The number of benzene rings is 1. The Morgan fingerprint density at radius 2 is 1.80 bits per heavy atom. The zero-order valence-electron chi connectivity index (χ0n) is 13.9. The fourth-order valence-electron chi connectivity index (χ4n) is 3.74. The lowest BCUT2D eigenvalue weighted by molar-refractivity contribution is 0.322. The highest BCUT2D eigenvalue weighted by atomic mass is 15.4. The number of rotatable bonds is 2. The highest BCUT2D eigenvalue weighted by molar-refractivity contribution is 5.59. The van der Waals surface area contributed by atoms with Crippen molar-refractivity contribution in [2.75, 3.05) is 18.6 Å². The highest BCUT2D eigenvalue weighted by Gasteiger charge is 2.31. The van der Waals surface area contributed by atoms with E-state index in [9.17, 15) is 0 Å². The van der Waals surface area contributed by atoms with Crippen LogP contribution in [0, 0.1) is 12.8 Å². The lowest BCUT2D eigenvalue weighted by Gasteiger charge is -2.27. The Balaban J connectivity index is 1.98. The smallest absolute Gasteiger partial charge is 0.0944 e. The summed E-state index contributed by atoms with van der Waals surface area (Å²) in [5.74, 6) is 0.644. The third-order valence-corrected chi connectivity index (χ3v) is 4.77. The van der Waals surface area contributed by atoms with E-state index in [1.54, 1.807) is 0 Å². The molecule has 3 rings (SSSR count). The van der Waals surface area contributed by atoms with Crippen molar-refractivity contribution in [1.82, 2.24) is 4.90 Å². The molecule has 0 radical (unpaired) electrons. The number of nitrogens with zero attached hydrogens (tertiary/aromatic N) is 2. The second-order valence-electron chi connectivity index (χ2n) is 6.19. The van der Waals surface area contributed by atoms with E-state index in [1.807, 2.05) is 0 Å². The number of hydrogen-bond donors (Lipinski definition) is 0. The first-order valence-electron chi connectivity index (χ1n) is 8.39. The Labute approximate surface area is 124 Å². The molecule has 0 aromatic heterocycles. The van der Waals surface area contributed by atoms with Crippen molar-refractivity contribution in [1.29, 1.82) is 0 Å². The van der Waals surface area contributed by atoms with Crippen LogP contribution in [0.1, 0.15) is 46.0 Å². The largest absolute Gasteiger partial charge is 0.358 e. The van der Waals surface area contributed by atoms with Gasteiger partial charge in [-0.1, -0.05) is 37.5 Å². The molecule has 2 heteroatoms. The number of hydrogen-bond acceptors (Lipinski definition) is 2. The first kappa shape index (κ1) is 12.3. The van der Waals surface area contributed by atoms with Gasteiger partial charge in [-0.25, -0.2) is 0 Å². The van der Waals surface area contributed by atoms with Gasteiger partial charge in [-0.2, -0.15) is 0 Å². The van der Waals surface area contributed by atoms with Crippen LogP contribution in [0.15, 0.2) is 35.7 Å². The highest BCUT2D eigenvalue weighted by Crippen LogP contribution is 2.39. The number of para-hydroxylation sites is 1. The van der Waals surface area contributed by atoms with Crippen molar-refractivity contribution in [3.05, 3.63) is 41.2 Å². The zero-order chi connectivity index (χ0) is 15.0. The van der Waals surface area contributed by atoms with Crippen molar-refractivity contribution in [2.45, 2.75) is 46.0 Å². The van der Waals surface area contributed by atoms with Crippen molar-refractivity contribution < 1.29 is 1.37 Å². The van der Waals surface area contributed by atoms with Crippen molar-refractivity contribution in [3.63, 3.8) is 0 Å². The fraction of sp³-hybridized carbons (Fsp3) is 0.556. The van der Waals surface area contributed by atoms with Gasteiger partial charge in [-0.05, 0) is 38.3 Å². The van der Waals surface area contributed by atoms with Gasteiger partial charge in [-0.15, -0.1) is 0 Å². The van der Waals surface area contributed by atoms with Crippen LogP contribution in [0.5, 0.6) is 0 Å². The molecule has 0 spiro atoms. The molecule has 108 valence electrons.